The first-order chi connectivity index (χ1) is 7.20. The summed E-state index contributed by atoms with van der Waals surface area (Å²) in [6.45, 7) is 0. The number of phenols is 2. The van der Waals surface area contributed by atoms with Gasteiger partial charge in [0, 0.05) is 23.5 Å². The van der Waals surface area contributed by atoms with Crippen molar-refractivity contribution in [2.45, 2.75) is 0 Å². The molecular weight excluding hydrogens is 214 g/mol. The summed E-state index contributed by atoms with van der Waals surface area (Å²) >= 11 is 5.90. The van der Waals surface area contributed by atoms with Gasteiger partial charge in [0.25, 0.3) is 0 Å². The molecule has 2 aromatic rings. The molecule has 15 heavy (non-hydrogen) atoms. The summed E-state index contributed by atoms with van der Waals surface area (Å²) in [5.74, 6) is -0.536. The SMILES string of the molecule is Oc1ccc(-c2cccnc2)c(Cl)c1O. The third-order valence-electron chi connectivity index (χ3n) is 2.07. The molecule has 76 valence electrons. The van der Waals surface area contributed by atoms with Gasteiger partial charge < -0.3 is 10.2 Å². The largest absolute Gasteiger partial charge is 0.504 e. The predicted molar refractivity (Wildman–Crippen MR) is 58.0 cm³/mol. The Hall–Kier alpha value is -1.74. The number of rotatable bonds is 1. The van der Waals surface area contributed by atoms with Gasteiger partial charge in [0.1, 0.15) is 0 Å². The Kier molecular flexibility index (Phi) is 2.47. The maximum Gasteiger partial charge on any atom is 0.177 e. The minimum Gasteiger partial charge on any atom is -0.504 e. The van der Waals surface area contributed by atoms with Crippen molar-refractivity contribution >= 4 is 11.6 Å². The lowest BCUT2D eigenvalue weighted by Crippen LogP contribution is -1.81. The summed E-state index contributed by atoms with van der Waals surface area (Å²) in [5.41, 5.74) is 1.43. The molecule has 4 heteroatoms. The first-order valence-electron chi connectivity index (χ1n) is 4.31. The summed E-state index contributed by atoms with van der Waals surface area (Å²) in [6.07, 6.45) is 3.29. The fraction of sp³-hybridized carbons (Fsp3) is 0. The highest BCUT2D eigenvalue weighted by atomic mass is 35.5. The third kappa shape index (κ3) is 1.74. The average Bonchev–Trinajstić information content (AvgIpc) is 2.27. The molecule has 0 saturated carbocycles. The van der Waals surface area contributed by atoms with Gasteiger partial charge in [-0.3, -0.25) is 4.98 Å². The first kappa shape index (κ1) is 9.80. The third-order valence-corrected chi connectivity index (χ3v) is 2.45. The molecule has 3 nitrogen and oxygen atoms in total. The molecule has 0 atom stereocenters. The molecule has 0 fully saturated rings. The van der Waals surface area contributed by atoms with Crippen LogP contribution in [0.25, 0.3) is 11.1 Å². The average molecular weight is 222 g/mol. The van der Waals surface area contributed by atoms with Crippen molar-refractivity contribution in [2.75, 3.05) is 0 Å². The number of benzene rings is 1. The second-order valence-corrected chi connectivity index (χ2v) is 3.41. The van der Waals surface area contributed by atoms with Crippen LogP contribution in [0.4, 0.5) is 0 Å². The molecule has 1 aromatic carbocycles. The molecule has 1 aromatic heterocycles. The molecule has 2 N–H and O–H groups in total. The highest BCUT2D eigenvalue weighted by Crippen LogP contribution is 2.39. The Labute approximate surface area is 91.6 Å². The smallest absolute Gasteiger partial charge is 0.177 e. The van der Waals surface area contributed by atoms with Gasteiger partial charge in [0.2, 0.25) is 0 Å². The lowest BCUT2D eigenvalue weighted by atomic mass is 10.1. The number of aromatic nitrogens is 1. The van der Waals surface area contributed by atoms with Gasteiger partial charge in [0.05, 0.1) is 5.02 Å². The van der Waals surface area contributed by atoms with Gasteiger partial charge in [-0.25, -0.2) is 0 Å². The molecule has 0 aliphatic heterocycles. The van der Waals surface area contributed by atoms with E-state index in [1.54, 1.807) is 24.5 Å². The van der Waals surface area contributed by atoms with Crippen LogP contribution in [0.3, 0.4) is 0 Å². The number of nitrogens with zero attached hydrogens (tertiary/aromatic N) is 1. The fourth-order valence-electron chi connectivity index (χ4n) is 1.30. The predicted octanol–water partition coefficient (Wildman–Crippen LogP) is 2.81. The molecule has 2 rings (SSSR count). The van der Waals surface area contributed by atoms with Crippen molar-refractivity contribution in [3.05, 3.63) is 41.7 Å². The van der Waals surface area contributed by atoms with E-state index in [4.69, 9.17) is 11.6 Å². The molecule has 0 aliphatic rings. The maximum atomic E-state index is 9.45. The van der Waals surface area contributed by atoms with E-state index in [1.807, 2.05) is 6.07 Å². The van der Waals surface area contributed by atoms with E-state index in [2.05, 4.69) is 4.98 Å². The normalized spacial score (nSPS) is 10.2. The zero-order valence-corrected chi connectivity index (χ0v) is 8.44. The summed E-state index contributed by atoms with van der Waals surface area (Å²) in [5, 5.41) is 18.8. The maximum absolute atomic E-state index is 9.45. The van der Waals surface area contributed by atoms with Crippen LogP contribution >= 0.6 is 11.6 Å². The quantitative estimate of drug-likeness (QED) is 0.728. The van der Waals surface area contributed by atoms with Gasteiger partial charge in [-0.2, -0.15) is 0 Å². The van der Waals surface area contributed by atoms with E-state index in [9.17, 15) is 10.2 Å². The molecule has 0 aliphatic carbocycles. The zero-order valence-electron chi connectivity index (χ0n) is 7.68. The van der Waals surface area contributed by atoms with Crippen molar-refractivity contribution in [1.29, 1.82) is 0 Å². The van der Waals surface area contributed by atoms with Crippen LogP contribution in [0.1, 0.15) is 0 Å². The second-order valence-electron chi connectivity index (χ2n) is 3.04. The van der Waals surface area contributed by atoms with Crippen molar-refractivity contribution < 1.29 is 10.2 Å². The lowest BCUT2D eigenvalue weighted by molar-refractivity contribution is 0.404. The van der Waals surface area contributed by atoms with Crippen LogP contribution in [0.15, 0.2) is 36.7 Å². The number of pyridine rings is 1. The minimum atomic E-state index is -0.307. The van der Waals surface area contributed by atoms with Crippen LogP contribution in [-0.4, -0.2) is 15.2 Å². The van der Waals surface area contributed by atoms with E-state index >= 15 is 0 Å². The van der Waals surface area contributed by atoms with Gasteiger partial charge in [0.15, 0.2) is 11.5 Å². The summed E-state index contributed by atoms with van der Waals surface area (Å²) < 4.78 is 0. The van der Waals surface area contributed by atoms with Crippen molar-refractivity contribution in [3.63, 3.8) is 0 Å². The first-order valence-corrected chi connectivity index (χ1v) is 4.69. The Morgan fingerprint density at radius 3 is 2.60 bits per heavy atom. The number of aromatic hydroxyl groups is 2. The number of phenolic OH excluding ortho intramolecular Hbond substituents is 2. The molecule has 0 amide bonds. The Morgan fingerprint density at radius 1 is 1.13 bits per heavy atom. The van der Waals surface area contributed by atoms with Crippen LogP contribution in [0.5, 0.6) is 11.5 Å². The van der Waals surface area contributed by atoms with E-state index in [0.29, 0.717) is 5.56 Å². The van der Waals surface area contributed by atoms with Gasteiger partial charge in [-0.15, -0.1) is 0 Å². The highest BCUT2D eigenvalue weighted by Gasteiger charge is 2.11. The molecule has 1 heterocycles. The molecule has 0 unspecified atom stereocenters. The monoisotopic (exact) mass is 221 g/mol. The van der Waals surface area contributed by atoms with E-state index in [0.717, 1.165) is 5.56 Å². The fourth-order valence-corrected chi connectivity index (χ4v) is 1.57. The summed E-state index contributed by atoms with van der Waals surface area (Å²) in [4.78, 5) is 3.95. The topological polar surface area (TPSA) is 53.4 Å². The minimum absolute atomic E-state index is 0.128. The van der Waals surface area contributed by atoms with Gasteiger partial charge in [-0.05, 0) is 18.2 Å². The summed E-state index contributed by atoms with van der Waals surface area (Å²) in [6, 6.07) is 6.62. The Balaban J connectivity index is 2.60. The zero-order chi connectivity index (χ0) is 10.8. The molecular formula is C11H8ClNO2. The van der Waals surface area contributed by atoms with Crippen LogP contribution in [-0.2, 0) is 0 Å². The molecule has 0 saturated heterocycles. The lowest BCUT2D eigenvalue weighted by Gasteiger charge is -2.06. The Bertz CT molecular complexity index is 485. The molecule has 0 spiro atoms. The second kappa shape index (κ2) is 3.79. The van der Waals surface area contributed by atoms with Crippen molar-refractivity contribution in [3.8, 4) is 22.6 Å². The van der Waals surface area contributed by atoms with E-state index in [-0.39, 0.29) is 16.5 Å². The van der Waals surface area contributed by atoms with Crippen LogP contribution in [0.2, 0.25) is 5.02 Å². The highest BCUT2D eigenvalue weighted by molar-refractivity contribution is 6.35. The van der Waals surface area contributed by atoms with Crippen LogP contribution < -0.4 is 0 Å². The van der Waals surface area contributed by atoms with Crippen LogP contribution in [0, 0.1) is 0 Å². The number of halogens is 1. The Morgan fingerprint density at radius 2 is 1.93 bits per heavy atom. The number of hydrogen-bond acceptors (Lipinski definition) is 3. The van der Waals surface area contributed by atoms with Gasteiger partial charge in [-0.1, -0.05) is 17.7 Å². The number of hydrogen-bond donors (Lipinski definition) is 2. The van der Waals surface area contributed by atoms with Crippen molar-refractivity contribution in [2.24, 2.45) is 0 Å². The van der Waals surface area contributed by atoms with E-state index < -0.39 is 0 Å². The van der Waals surface area contributed by atoms with Crippen molar-refractivity contribution in [1.82, 2.24) is 4.98 Å². The standard InChI is InChI=1S/C11H8ClNO2/c12-10-8(3-4-9(14)11(10)15)7-2-1-5-13-6-7/h1-6,14-15H. The molecule has 0 bridgehead atoms. The van der Waals surface area contributed by atoms with Gasteiger partial charge >= 0.3 is 0 Å². The summed E-state index contributed by atoms with van der Waals surface area (Å²) in [7, 11) is 0. The molecule has 0 radical (unpaired) electrons. The van der Waals surface area contributed by atoms with E-state index in [1.165, 1.54) is 6.07 Å².